The Labute approximate surface area is 121 Å². The molecule has 0 saturated carbocycles. The highest BCUT2D eigenvalue weighted by atomic mass is 35.5. The maximum absolute atomic E-state index is 12.3. The molecule has 1 saturated heterocycles. The van der Waals surface area contributed by atoms with E-state index < -0.39 is 0 Å². The minimum absolute atomic E-state index is 0. The molecule has 0 spiro atoms. The third-order valence-corrected chi connectivity index (χ3v) is 3.67. The van der Waals surface area contributed by atoms with Gasteiger partial charge in [0, 0.05) is 32.1 Å². The molecule has 1 heterocycles. The molecule has 1 aliphatic heterocycles. The molecule has 1 aliphatic rings. The van der Waals surface area contributed by atoms with Crippen molar-refractivity contribution in [3.63, 3.8) is 0 Å². The van der Waals surface area contributed by atoms with Crippen LogP contribution in [-0.4, -0.2) is 36.5 Å². The van der Waals surface area contributed by atoms with Gasteiger partial charge in [0.25, 0.3) is 0 Å². The molecule has 0 aromatic heterocycles. The van der Waals surface area contributed by atoms with Crippen LogP contribution < -0.4 is 5.32 Å². The van der Waals surface area contributed by atoms with E-state index in [4.69, 9.17) is 0 Å². The van der Waals surface area contributed by atoms with Crippen molar-refractivity contribution in [1.82, 2.24) is 10.2 Å². The van der Waals surface area contributed by atoms with Crippen LogP contribution in [0.4, 0.5) is 0 Å². The van der Waals surface area contributed by atoms with Crippen molar-refractivity contribution in [1.29, 1.82) is 0 Å². The predicted octanol–water partition coefficient (Wildman–Crippen LogP) is 2.42. The normalized spacial score (nSPS) is 20.5. The largest absolute Gasteiger partial charge is 0.337 e. The number of carbonyl (C=O) groups excluding carboxylic acids is 1. The van der Waals surface area contributed by atoms with Crippen molar-refractivity contribution in [2.45, 2.75) is 32.2 Å². The number of amides is 1. The van der Waals surface area contributed by atoms with Crippen LogP contribution in [0, 0.1) is 0 Å². The second-order valence-electron chi connectivity index (χ2n) is 5.16. The molecule has 1 N–H and O–H groups in total. The molecule has 1 aromatic rings. The highest BCUT2D eigenvalue weighted by Gasteiger charge is 2.24. The minimum atomic E-state index is 0. The molecule has 19 heavy (non-hydrogen) atoms. The molecule has 0 radical (unpaired) electrons. The third kappa shape index (κ3) is 4.22. The van der Waals surface area contributed by atoms with E-state index in [0.717, 1.165) is 19.6 Å². The van der Waals surface area contributed by atoms with Crippen LogP contribution in [0.3, 0.4) is 0 Å². The lowest BCUT2D eigenvalue weighted by molar-refractivity contribution is -0.134. The van der Waals surface area contributed by atoms with Gasteiger partial charge in [-0.1, -0.05) is 37.3 Å². The van der Waals surface area contributed by atoms with E-state index in [-0.39, 0.29) is 18.3 Å². The summed E-state index contributed by atoms with van der Waals surface area (Å²) in [7, 11) is 0. The zero-order valence-electron chi connectivity index (χ0n) is 11.6. The van der Waals surface area contributed by atoms with E-state index in [0.29, 0.717) is 18.4 Å². The maximum atomic E-state index is 12.3. The lowest BCUT2D eigenvalue weighted by Gasteiger charge is -2.34. The fraction of sp³-hybridized carbons (Fsp3) is 0.533. The Kier molecular flexibility index (Phi) is 6.32. The van der Waals surface area contributed by atoms with Crippen molar-refractivity contribution in [3.05, 3.63) is 35.9 Å². The SMILES string of the molecule is CC(CC(=O)N1CCNC[C@H]1C)c1ccccc1.Cl. The van der Waals surface area contributed by atoms with Gasteiger partial charge in [-0.05, 0) is 18.4 Å². The number of hydrogen-bond donors (Lipinski definition) is 1. The average Bonchev–Trinajstić information content (AvgIpc) is 2.40. The number of benzene rings is 1. The molecular weight excluding hydrogens is 260 g/mol. The van der Waals surface area contributed by atoms with Gasteiger partial charge in [-0.15, -0.1) is 12.4 Å². The fourth-order valence-corrected chi connectivity index (χ4v) is 2.49. The molecule has 106 valence electrons. The van der Waals surface area contributed by atoms with Gasteiger partial charge in [0.05, 0.1) is 0 Å². The summed E-state index contributed by atoms with van der Waals surface area (Å²) < 4.78 is 0. The first-order valence-corrected chi connectivity index (χ1v) is 6.73. The van der Waals surface area contributed by atoms with Crippen LogP contribution in [0.2, 0.25) is 0 Å². The van der Waals surface area contributed by atoms with Crippen molar-refractivity contribution in [3.8, 4) is 0 Å². The van der Waals surface area contributed by atoms with Crippen LogP contribution in [-0.2, 0) is 4.79 Å². The van der Waals surface area contributed by atoms with Gasteiger partial charge in [-0.2, -0.15) is 0 Å². The van der Waals surface area contributed by atoms with Crippen LogP contribution in [0.1, 0.15) is 31.7 Å². The third-order valence-electron chi connectivity index (χ3n) is 3.67. The quantitative estimate of drug-likeness (QED) is 0.923. The summed E-state index contributed by atoms with van der Waals surface area (Å²) in [6, 6.07) is 10.6. The van der Waals surface area contributed by atoms with Crippen LogP contribution in [0.5, 0.6) is 0 Å². The average molecular weight is 283 g/mol. The topological polar surface area (TPSA) is 32.3 Å². The number of nitrogens with zero attached hydrogens (tertiary/aromatic N) is 1. The first-order chi connectivity index (χ1) is 8.68. The molecule has 1 aromatic carbocycles. The standard InChI is InChI=1S/C15H22N2O.ClH/c1-12(14-6-4-3-5-7-14)10-15(18)17-9-8-16-11-13(17)2;/h3-7,12-13,16H,8-11H2,1-2H3;1H/t12?,13-;/m1./s1. The summed E-state index contributed by atoms with van der Waals surface area (Å²) >= 11 is 0. The van der Waals surface area contributed by atoms with E-state index in [1.54, 1.807) is 0 Å². The van der Waals surface area contributed by atoms with E-state index in [2.05, 4.69) is 31.3 Å². The summed E-state index contributed by atoms with van der Waals surface area (Å²) in [5, 5.41) is 3.31. The van der Waals surface area contributed by atoms with Gasteiger partial charge < -0.3 is 10.2 Å². The Balaban J connectivity index is 0.00000180. The molecule has 0 aliphatic carbocycles. The smallest absolute Gasteiger partial charge is 0.223 e. The molecule has 4 heteroatoms. The van der Waals surface area contributed by atoms with Crippen molar-refractivity contribution in [2.75, 3.05) is 19.6 Å². The first kappa shape index (κ1) is 16.0. The Morgan fingerprint density at radius 1 is 1.42 bits per heavy atom. The van der Waals surface area contributed by atoms with Crippen LogP contribution in [0.15, 0.2) is 30.3 Å². The second-order valence-corrected chi connectivity index (χ2v) is 5.16. The zero-order chi connectivity index (χ0) is 13.0. The summed E-state index contributed by atoms with van der Waals surface area (Å²) in [6.07, 6.45) is 0.606. The maximum Gasteiger partial charge on any atom is 0.223 e. The molecule has 1 fully saturated rings. The fourth-order valence-electron chi connectivity index (χ4n) is 2.49. The summed E-state index contributed by atoms with van der Waals surface area (Å²) in [4.78, 5) is 14.3. The van der Waals surface area contributed by atoms with E-state index in [1.807, 2.05) is 23.1 Å². The van der Waals surface area contributed by atoms with Gasteiger partial charge in [0.15, 0.2) is 0 Å². The highest BCUT2D eigenvalue weighted by Crippen LogP contribution is 2.20. The Morgan fingerprint density at radius 2 is 2.11 bits per heavy atom. The Bertz CT molecular complexity index is 396. The van der Waals surface area contributed by atoms with Gasteiger partial charge in [-0.3, -0.25) is 4.79 Å². The molecule has 1 amide bonds. The summed E-state index contributed by atoms with van der Waals surface area (Å²) in [5.74, 6) is 0.570. The number of rotatable bonds is 3. The Morgan fingerprint density at radius 3 is 2.74 bits per heavy atom. The summed E-state index contributed by atoms with van der Waals surface area (Å²) in [5.41, 5.74) is 1.24. The summed E-state index contributed by atoms with van der Waals surface area (Å²) in [6.45, 7) is 6.89. The highest BCUT2D eigenvalue weighted by molar-refractivity contribution is 5.85. The minimum Gasteiger partial charge on any atom is -0.337 e. The van der Waals surface area contributed by atoms with Crippen molar-refractivity contribution < 1.29 is 4.79 Å². The predicted molar refractivity (Wildman–Crippen MR) is 80.8 cm³/mol. The molecule has 2 atom stereocenters. The Hall–Kier alpha value is -1.06. The van der Waals surface area contributed by atoms with Crippen molar-refractivity contribution >= 4 is 18.3 Å². The zero-order valence-corrected chi connectivity index (χ0v) is 12.5. The monoisotopic (exact) mass is 282 g/mol. The molecule has 2 rings (SSSR count). The van der Waals surface area contributed by atoms with Gasteiger partial charge in [0.1, 0.15) is 0 Å². The van der Waals surface area contributed by atoms with Crippen LogP contribution >= 0.6 is 12.4 Å². The lowest BCUT2D eigenvalue weighted by Crippen LogP contribution is -2.52. The number of nitrogens with one attached hydrogen (secondary N) is 1. The van der Waals surface area contributed by atoms with Crippen LogP contribution in [0.25, 0.3) is 0 Å². The molecule has 0 bridgehead atoms. The van der Waals surface area contributed by atoms with Gasteiger partial charge >= 0.3 is 0 Å². The van der Waals surface area contributed by atoms with Gasteiger partial charge in [0.2, 0.25) is 5.91 Å². The molecule has 3 nitrogen and oxygen atoms in total. The van der Waals surface area contributed by atoms with Gasteiger partial charge in [-0.25, -0.2) is 0 Å². The van der Waals surface area contributed by atoms with E-state index >= 15 is 0 Å². The number of piperazine rings is 1. The number of hydrogen-bond acceptors (Lipinski definition) is 2. The molecular formula is C15H23ClN2O. The first-order valence-electron chi connectivity index (χ1n) is 6.73. The number of carbonyl (C=O) groups is 1. The van der Waals surface area contributed by atoms with E-state index in [9.17, 15) is 4.79 Å². The second kappa shape index (κ2) is 7.51. The lowest BCUT2D eigenvalue weighted by atomic mass is 9.97. The molecule has 1 unspecified atom stereocenters. The van der Waals surface area contributed by atoms with Crippen molar-refractivity contribution in [2.24, 2.45) is 0 Å². The number of halogens is 1. The van der Waals surface area contributed by atoms with E-state index in [1.165, 1.54) is 5.56 Å².